The van der Waals surface area contributed by atoms with E-state index in [1.54, 1.807) is 24.4 Å². The Bertz CT molecular complexity index is 1850. The molecule has 2 fully saturated rings. The molecule has 0 radical (unpaired) electrons. The number of hydrogen-bond donors (Lipinski definition) is 1. The lowest BCUT2D eigenvalue weighted by molar-refractivity contribution is -0.137. The second kappa shape index (κ2) is 15.7. The molecule has 0 bridgehead atoms. The summed E-state index contributed by atoms with van der Waals surface area (Å²) in [4.78, 5) is 40.3. The number of piperazine rings is 1. The zero-order chi connectivity index (χ0) is 36.0. The zero-order valence-corrected chi connectivity index (χ0v) is 28.2. The van der Waals surface area contributed by atoms with Crippen LogP contribution in [-0.4, -0.2) is 110 Å². The molecule has 3 aromatic heterocycles. The average Bonchev–Trinajstić information content (AvgIpc) is 3.16. The number of pyridine rings is 2. The molecule has 51 heavy (non-hydrogen) atoms. The van der Waals surface area contributed by atoms with Crippen LogP contribution in [0.15, 0.2) is 60.9 Å². The number of halogens is 3. The van der Waals surface area contributed by atoms with E-state index in [4.69, 9.17) is 19.2 Å². The van der Waals surface area contributed by atoms with Crippen LogP contribution in [0.1, 0.15) is 32.1 Å². The van der Waals surface area contributed by atoms with Crippen LogP contribution in [-0.2, 0) is 15.7 Å². The van der Waals surface area contributed by atoms with Gasteiger partial charge in [0.25, 0.3) is 5.91 Å². The van der Waals surface area contributed by atoms with Gasteiger partial charge in [0.05, 0.1) is 37.8 Å². The number of ether oxygens (including phenoxy) is 3. The van der Waals surface area contributed by atoms with Crippen molar-refractivity contribution in [3.8, 4) is 17.0 Å². The van der Waals surface area contributed by atoms with Crippen LogP contribution in [0.25, 0.3) is 11.1 Å². The number of hydrogen-bond acceptors (Lipinski definition) is 12. The number of aromatic nitrogens is 4. The van der Waals surface area contributed by atoms with E-state index in [0.29, 0.717) is 68.1 Å². The molecule has 0 spiro atoms. The topological polar surface area (TPSA) is 135 Å². The number of amides is 1. The Kier molecular flexibility index (Phi) is 10.9. The van der Waals surface area contributed by atoms with E-state index in [1.807, 2.05) is 13.0 Å². The maximum absolute atomic E-state index is 13.2. The molecule has 4 aromatic rings. The van der Waals surface area contributed by atoms with Crippen molar-refractivity contribution < 1.29 is 37.0 Å². The van der Waals surface area contributed by atoms with Gasteiger partial charge in [-0.15, -0.1) is 10.2 Å². The zero-order valence-electron chi connectivity index (χ0n) is 28.2. The van der Waals surface area contributed by atoms with E-state index in [2.05, 4.69) is 35.2 Å². The monoisotopic (exact) mass is 706 g/mol. The van der Waals surface area contributed by atoms with Crippen LogP contribution in [0.3, 0.4) is 0 Å². The fraction of sp³-hybridized carbons (Fsp3) is 0.371. The van der Waals surface area contributed by atoms with Gasteiger partial charge in [0, 0.05) is 74.4 Å². The van der Waals surface area contributed by atoms with Gasteiger partial charge in [-0.1, -0.05) is 6.07 Å². The van der Waals surface area contributed by atoms with Crippen LogP contribution < -0.4 is 19.9 Å². The number of aryl methyl sites for hydroxylation is 1. The molecule has 0 unspecified atom stereocenters. The molecule has 16 heteroatoms. The first-order chi connectivity index (χ1) is 24.6. The second-order valence-electron chi connectivity index (χ2n) is 12.0. The Balaban J connectivity index is 1.11. The highest BCUT2D eigenvalue weighted by molar-refractivity contribution is 6.04. The Morgan fingerprint density at radius 2 is 1.71 bits per heavy atom. The van der Waals surface area contributed by atoms with Gasteiger partial charge in [0.15, 0.2) is 11.5 Å². The molecule has 268 valence electrons. The van der Waals surface area contributed by atoms with Crippen molar-refractivity contribution >= 4 is 29.1 Å². The van der Waals surface area contributed by atoms with Crippen molar-refractivity contribution in [1.29, 1.82) is 0 Å². The Labute approximate surface area is 292 Å². The van der Waals surface area contributed by atoms with Gasteiger partial charge in [0.1, 0.15) is 12.3 Å². The lowest BCUT2D eigenvalue weighted by atomic mass is 10.0. The Morgan fingerprint density at radius 3 is 2.41 bits per heavy atom. The van der Waals surface area contributed by atoms with Gasteiger partial charge in [-0.3, -0.25) is 14.7 Å². The summed E-state index contributed by atoms with van der Waals surface area (Å²) in [7, 11) is 1.30. The average molecular weight is 707 g/mol. The maximum Gasteiger partial charge on any atom is 0.416 e. The number of morpholine rings is 1. The molecule has 1 aromatic carbocycles. The number of carbonyl (C=O) groups is 2. The highest BCUT2D eigenvalue weighted by Gasteiger charge is 2.31. The number of nitrogens with one attached hydrogen (secondary N) is 1. The summed E-state index contributed by atoms with van der Waals surface area (Å²) in [5.41, 5.74) is 2.39. The largest absolute Gasteiger partial charge is 0.475 e. The van der Waals surface area contributed by atoms with Crippen molar-refractivity contribution in [2.45, 2.75) is 13.1 Å². The van der Waals surface area contributed by atoms with Gasteiger partial charge < -0.3 is 29.3 Å². The molecule has 5 heterocycles. The van der Waals surface area contributed by atoms with Gasteiger partial charge in [0.2, 0.25) is 5.88 Å². The number of methoxy groups -OCH3 is 1. The van der Waals surface area contributed by atoms with Crippen LogP contribution in [0, 0.1) is 6.92 Å². The summed E-state index contributed by atoms with van der Waals surface area (Å²) in [6.07, 6.45) is -1.41. The van der Waals surface area contributed by atoms with E-state index >= 15 is 0 Å². The highest BCUT2D eigenvalue weighted by Crippen LogP contribution is 2.34. The van der Waals surface area contributed by atoms with Gasteiger partial charge >= 0.3 is 12.1 Å². The first-order valence-electron chi connectivity index (χ1n) is 16.4. The first kappa shape index (κ1) is 35.5. The van der Waals surface area contributed by atoms with Crippen LogP contribution >= 0.6 is 0 Å². The number of benzene rings is 1. The number of nitrogens with zero attached hydrogens (tertiary/aromatic N) is 7. The molecule has 1 amide bonds. The van der Waals surface area contributed by atoms with Crippen LogP contribution in [0.5, 0.6) is 5.88 Å². The molecule has 2 aliphatic rings. The first-order valence-corrected chi connectivity index (χ1v) is 16.4. The van der Waals surface area contributed by atoms with E-state index < -0.39 is 23.6 Å². The SMILES string of the molecule is COC(=O)c1ccc(N2CCN(CCOc3ncc(-c4cc(NC(=O)c5cccc(C(F)(F)F)c5)cnc4C)cc3N3CCOCC3)CC2)nn1. The minimum Gasteiger partial charge on any atom is -0.475 e. The van der Waals surface area contributed by atoms with Crippen molar-refractivity contribution in [2.24, 2.45) is 0 Å². The predicted octanol–water partition coefficient (Wildman–Crippen LogP) is 4.34. The number of esters is 1. The molecule has 13 nitrogen and oxygen atoms in total. The molecule has 0 atom stereocenters. The number of anilines is 3. The third kappa shape index (κ3) is 8.69. The van der Waals surface area contributed by atoms with E-state index in [0.717, 1.165) is 49.6 Å². The summed E-state index contributed by atoms with van der Waals surface area (Å²) >= 11 is 0. The molecule has 2 aliphatic heterocycles. The molecule has 0 aliphatic carbocycles. The molecule has 2 saturated heterocycles. The van der Waals surface area contributed by atoms with Crippen molar-refractivity contribution in [1.82, 2.24) is 25.1 Å². The summed E-state index contributed by atoms with van der Waals surface area (Å²) in [5.74, 6) is -0.0217. The maximum atomic E-state index is 13.2. The minimum absolute atomic E-state index is 0.118. The third-order valence-corrected chi connectivity index (χ3v) is 8.68. The summed E-state index contributed by atoms with van der Waals surface area (Å²) in [6, 6.07) is 11.3. The molecule has 6 rings (SSSR count). The fourth-order valence-corrected chi connectivity index (χ4v) is 5.84. The van der Waals surface area contributed by atoms with E-state index in [9.17, 15) is 22.8 Å². The lowest BCUT2D eigenvalue weighted by Crippen LogP contribution is -2.47. The molecular formula is C35H37F3N8O5. The Hall–Kier alpha value is -5.35. The third-order valence-electron chi connectivity index (χ3n) is 8.68. The Morgan fingerprint density at radius 1 is 0.922 bits per heavy atom. The lowest BCUT2D eigenvalue weighted by Gasteiger charge is -2.35. The molecular weight excluding hydrogens is 669 g/mol. The van der Waals surface area contributed by atoms with Crippen LogP contribution in [0.2, 0.25) is 0 Å². The minimum atomic E-state index is -4.56. The standard InChI is InChI=1S/C35H37F3N8O5/c1-23-28(20-27(22-39-23)41-32(47)24-4-3-5-26(18-24)35(36,37)38)25-19-30(45-13-15-50-16-14-45)33(40-21-25)51-17-12-44-8-10-46(11-9-44)31-7-6-29(42-43-31)34(48)49-2/h3-7,18-22H,8-17H2,1-2H3,(H,41,47). The second-order valence-corrected chi connectivity index (χ2v) is 12.0. The van der Waals surface area contributed by atoms with Gasteiger partial charge in [-0.05, 0) is 49.4 Å². The highest BCUT2D eigenvalue weighted by atomic mass is 19.4. The summed E-state index contributed by atoms with van der Waals surface area (Å²) in [6.45, 7) is 8.40. The fourth-order valence-electron chi connectivity index (χ4n) is 5.84. The number of rotatable bonds is 10. The smallest absolute Gasteiger partial charge is 0.416 e. The summed E-state index contributed by atoms with van der Waals surface area (Å²) < 4.78 is 56.2. The van der Waals surface area contributed by atoms with Crippen LogP contribution in [0.4, 0.5) is 30.4 Å². The van der Waals surface area contributed by atoms with Crippen molar-refractivity contribution in [3.63, 3.8) is 0 Å². The van der Waals surface area contributed by atoms with E-state index in [-0.39, 0.29) is 11.3 Å². The molecule has 0 saturated carbocycles. The number of carbonyl (C=O) groups excluding carboxylic acids is 2. The van der Waals surface area contributed by atoms with Crippen molar-refractivity contribution in [2.75, 3.05) is 87.9 Å². The normalized spacial score (nSPS) is 15.4. The van der Waals surface area contributed by atoms with E-state index in [1.165, 1.54) is 25.4 Å². The van der Waals surface area contributed by atoms with Gasteiger partial charge in [-0.25, -0.2) is 9.78 Å². The van der Waals surface area contributed by atoms with Gasteiger partial charge in [-0.2, -0.15) is 13.2 Å². The number of alkyl halides is 3. The quantitative estimate of drug-likeness (QED) is 0.235. The predicted molar refractivity (Wildman–Crippen MR) is 182 cm³/mol. The van der Waals surface area contributed by atoms with Crippen molar-refractivity contribution in [3.05, 3.63) is 83.4 Å². The molecule has 1 N–H and O–H groups in total. The summed E-state index contributed by atoms with van der Waals surface area (Å²) in [5, 5.41) is 10.8.